The lowest BCUT2D eigenvalue weighted by molar-refractivity contribution is -0.144. The van der Waals surface area contributed by atoms with E-state index in [-0.39, 0.29) is 11.9 Å². The van der Waals surface area contributed by atoms with E-state index in [1.165, 1.54) is 11.3 Å². The summed E-state index contributed by atoms with van der Waals surface area (Å²) < 4.78 is 4.86. The van der Waals surface area contributed by atoms with Crippen LogP contribution in [0.3, 0.4) is 0 Å². The predicted molar refractivity (Wildman–Crippen MR) is 47.2 cm³/mol. The summed E-state index contributed by atoms with van der Waals surface area (Å²) in [4.78, 5) is 15.2. The average molecular weight is 185 g/mol. The second-order valence-corrected chi connectivity index (χ2v) is 3.27. The molecule has 0 fully saturated rings. The van der Waals surface area contributed by atoms with Crippen molar-refractivity contribution in [3.63, 3.8) is 0 Å². The maximum atomic E-state index is 11.2. The molecule has 0 saturated carbocycles. The quantitative estimate of drug-likeness (QED) is 0.674. The van der Waals surface area contributed by atoms with Gasteiger partial charge in [-0.2, -0.15) is 0 Å². The summed E-state index contributed by atoms with van der Waals surface area (Å²) >= 11 is 1.47. The van der Waals surface area contributed by atoms with Crippen molar-refractivity contribution in [3.05, 3.63) is 16.6 Å². The van der Waals surface area contributed by atoms with Crippen LogP contribution in [-0.2, 0) is 9.53 Å². The largest absolute Gasteiger partial charge is 0.465 e. The van der Waals surface area contributed by atoms with E-state index in [0.717, 1.165) is 5.01 Å². The second kappa shape index (κ2) is 4.21. The molecule has 1 atom stereocenters. The lowest BCUT2D eigenvalue weighted by atomic mass is 10.2. The zero-order valence-corrected chi connectivity index (χ0v) is 7.93. The van der Waals surface area contributed by atoms with Gasteiger partial charge < -0.3 is 4.74 Å². The van der Waals surface area contributed by atoms with Gasteiger partial charge in [-0.15, -0.1) is 11.3 Å². The van der Waals surface area contributed by atoms with E-state index in [9.17, 15) is 4.79 Å². The fourth-order valence-corrected chi connectivity index (χ4v) is 1.50. The van der Waals surface area contributed by atoms with Gasteiger partial charge in [0.05, 0.1) is 6.61 Å². The van der Waals surface area contributed by atoms with Crippen molar-refractivity contribution in [2.45, 2.75) is 19.8 Å². The van der Waals surface area contributed by atoms with Crippen LogP contribution in [0.4, 0.5) is 0 Å². The molecular formula is C8H11NO2S. The molecule has 1 aromatic rings. The van der Waals surface area contributed by atoms with Gasteiger partial charge in [0.2, 0.25) is 0 Å². The van der Waals surface area contributed by atoms with E-state index in [2.05, 4.69) is 4.98 Å². The Morgan fingerprint density at radius 2 is 2.58 bits per heavy atom. The van der Waals surface area contributed by atoms with E-state index < -0.39 is 0 Å². The molecule has 0 aliphatic heterocycles. The Kier molecular flexibility index (Phi) is 3.22. The Labute approximate surface area is 75.4 Å². The zero-order valence-electron chi connectivity index (χ0n) is 7.11. The molecule has 1 unspecified atom stereocenters. The second-order valence-electron chi connectivity index (χ2n) is 2.34. The van der Waals surface area contributed by atoms with Crippen LogP contribution in [0.15, 0.2) is 11.6 Å². The molecule has 0 amide bonds. The van der Waals surface area contributed by atoms with Gasteiger partial charge in [0.25, 0.3) is 0 Å². The van der Waals surface area contributed by atoms with Crippen molar-refractivity contribution in [1.29, 1.82) is 0 Å². The minimum atomic E-state index is -0.232. The highest BCUT2D eigenvalue weighted by molar-refractivity contribution is 7.09. The van der Waals surface area contributed by atoms with Crippen LogP contribution >= 0.6 is 11.3 Å². The highest BCUT2D eigenvalue weighted by atomic mass is 32.1. The van der Waals surface area contributed by atoms with Crippen LogP contribution in [0.25, 0.3) is 0 Å². The van der Waals surface area contributed by atoms with Crippen LogP contribution in [0.2, 0.25) is 0 Å². The number of aromatic nitrogens is 1. The third-order valence-corrected chi connectivity index (χ3v) is 2.42. The van der Waals surface area contributed by atoms with Gasteiger partial charge in [-0.1, -0.05) is 0 Å². The smallest absolute Gasteiger partial charge is 0.315 e. The van der Waals surface area contributed by atoms with Gasteiger partial charge in [0.1, 0.15) is 10.9 Å². The summed E-state index contributed by atoms with van der Waals surface area (Å²) in [5.41, 5.74) is 0. The maximum absolute atomic E-state index is 11.2. The number of carbonyl (C=O) groups is 1. The molecule has 4 heteroatoms. The van der Waals surface area contributed by atoms with Crippen LogP contribution in [-0.4, -0.2) is 17.6 Å². The van der Waals surface area contributed by atoms with Gasteiger partial charge in [0, 0.05) is 11.6 Å². The van der Waals surface area contributed by atoms with E-state index in [1.54, 1.807) is 20.0 Å². The van der Waals surface area contributed by atoms with Crippen molar-refractivity contribution in [3.8, 4) is 0 Å². The molecule has 3 nitrogen and oxygen atoms in total. The minimum absolute atomic E-state index is 0.201. The summed E-state index contributed by atoms with van der Waals surface area (Å²) in [7, 11) is 0. The van der Waals surface area contributed by atoms with Crippen LogP contribution in [0.5, 0.6) is 0 Å². The maximum Gasteiger partial charge on any atom is 0.315 e. The number of ether oxygens (including phenoxy) is 1. The molecule has 0 spiro atoms. The van der Waals surface area contributed by atoms with Crippen molar-refractivity contribution < 1.29 is 9.53 Å². The Bertz CT molecular complexity index is 246. The Hall–Kier alpha value is -0.900. The third kappa shape index (κ3) is 2.04. The zero-order chi connectivity index (χ0) is 8.97. The Balaban J connectivity index is 2.59. The number of esters is 1. The van der Waals surface area contributed by atoms with Crippen molar-refractivity contribution in [2.24, 2.45) is 0 Å². The van der Waals surface area contributed by atoms with Gasteiger partial charge in [-0.25, -0.2) is 4.98 Å². The first-order chi connectivity index (χ1) is 5.75. The van der Waals surface area contributed by atoms with Crippen molar-refractivity contribution in [2.75, 3.05) is 6.61 Å². The molecule has 1 aromatic heterocycles. The topological polar surface area (TPSA) is 39.2 Å². The Morgan fingerprint density at radius 3 is 3.08 bits per heavy atom. The van der Waals surface area contributed by atoms with Crippen LogP contribution < -0.4 is 0 Å². The molecule has 0 aliphatic rings. The molecule has 1 rings (SSSR count). The highest BCUT2D eigenvalue weighted by Gasteiger charge is 2.17. The van der Waals surface area contributed by atoms with E-state index >= 15 is 0 Å². The Morgan fingerprint density at radius 1 is 1.83 bits per heavy atom. The standard InChI is InChI=1S/C8H11NO2S/c1-3-11-8(10)6(2)7-9-4-5-12-7/h4-6H,3H2,1-2H3. The molecule has 12 heavy (non-hydrogen) atoms. The van der Waals surface area contributed by atoms with Gasteiger partial charge in [-0.05, 0) is 13.8 Å². The molecule has 1 heterocycles. The summed E-state index contributed by atoms with van der Waals surface area (Å²) in [5, 5.41) is 2.67. The first-order valence-corrected chi connectivity index (χ1v) is 4.69. The van der Waals surface area contributed by atoms with Crippen LogP contribution in [0.1, 0.15) is 24.8 Å². The number of rotatable bonds is 3. The summed E-state index contributed by atoms with van der Waals surface area (Å²) in [5.74, 6) is -0.433. The number of carbonyl (C=O) groups excluding carboxylic acids is 1. The van der Waals surface area contributed by atoms with Crippen molar-refractivity contribution >= 4 is 17.3 Å². The summed E-state index contributed by atoms with van der Waals surface area (Å²) in [6, 6.07) is 0. The van der Waals surface area contributed by atoms with E-state index in [1.807, 2.05) is 5.38 Å². The first kappa shape index (κ1) is 9.19. The summed E-state index contributed by atoms with van der Waals surface area (Å²) in [6.07, 6.45) is 1.69. The number of hydrogen-bond acceptors (Lipinski definition) is 4. The lowest BCUT2D eigenvalue weighted by Gasteiger charge is -2.06. The van der Waals surface area contributed by atoms with Gasteiger partial charge in [0.15, 0.2) is 0 Å². The fraction of sp³-hybridized carbons (Fsp3) is 0.500. The molecule has 0 radical (unpaired) electrons. The lowest BCUT2D eigenvalue weighted by Crippen LogP contribution is -2.12. The van der Waals surface area contributed by atoms with Gasteiger partial charge >= 0.3 is 5.97 Å². The predicted octanol–water partition coefficient (Wildman–Crippen LogP) is 1.81. The first-order valence-electron chi connectivity index (χ1n) is 3.81. The number of nitrogens with zero attached hydrogens (tertiary/aromatic N) is 1. The third-order valence-electron chi connectivity index (χ3n) is 1.46. The minimum Gasteiger partial charge on any atom is -0.465 e. The van der Waals surface area contributed by atoms with E-state index in [0.29, 0.717) is 6.61 Å². The van der Waals surface area contributed by atoms with Crippen LogP contribution in [0, 0.1) is 0 Å². The fourth-order valence-electron chi connectivity index (χ4n) is 0.816. The molecule has 0 N–H and O–H groups in total. The molecule has 0 aliphatic carbocycles. The monoisotopic (exact) mass is 185 g/mol. The van der Waals surface area contributed by atoms with Crippen molar-refractivity contribution in [1.82, 2.24) is 4.98 Å². The molecule has 66 valence electrons. The molecule has 0 aromatic carbocycles. The number of hydrogen-bond donors (Lipinski definition) is 0. The average Bonchev–Trinajstić information content (AvgIpc) is 2.55. The molecule has 0 saturated heterocycles. The SMILES string of the molecule is CCOC(=O)C(C)c1nccs1. The molecule has 0 bridgehead atoms. The number of thiazole rings is 1. The van der Waals surface area contributed by atoms with E-state index in [4.69, 9.17) is 4.74 Å². The van der Waals surface area contributed by atoms with Gasteiger partial charge in [-0.3, -0.25) is 4.79 Å². The molecular weight excluding hydrogens is 174 g/mol. The summed E-state index contributed by atoms with van der Waals surface area (Å²) in [6.45, 7) is 4.03. The normalized spacial score (nSPS) is 12.5. The highest BCUT2D eigenvalue weighted by Crippen LogP contribution is 2.18.